The van der Waals surface area contributed by atoms with Crippen LogP contribution in [0.25, 0.3) is 11.3 Å². The van der Waals surface area contributed by atoms with E-state index in [1.54, 1.807) is 0 Å². The number of hydrogen-bond acceptors (Lipinski definition) is 2. The second kappa shape index (κ2) is 11.3. The maximum atomic E-state index is 6.30. The summed E-state index contributed by atoms with van der Waals surface area (Å²) in [5.41, 5.74) is 16.3. The van der Waals surface area contributed by atoms with E-state index in [4.69, 9.17) is 10.7 Å². The molecule has 0 fully saturated rings. The van der Waals surface area contributed by atoms with Gasteiger partial charge >= 0.3 is 0 Å². The van der Waals surface area contributed by atoms with Gasteiger partial charge in [0.1, 0.15) is 0 Å². The van der Waals surface area contributed by atoms with Gasteiger partial charge in [0.25, 0.3) is 0 Å². The normalized spacial score (nSPS) is 13.7. The second-order valence-electron chi connectivity index (χ2n) is 8.55. The molecule has 0 radical (unpaired) electrons. The molecule has 0 saturated carbocycles. The molecule has 0 aromatic heterocycles. The number of para-hydroxylation sites is 1. The first-order valence-corrected chi connectivity index (χ1v) is 11.5. The highest BCUT2D eigenvalue weighted by atomic mass is 14.7. The first kappa shape index (κ1) is 24.0. The van der Waals surface area contributed by atoms with Gasteiger partial charge in [0.2, 0.25) is 0 Å². The van der Waals surface area contributed by atoms with Crippen LogP contribution < -0.4 is 5.73 Å². The van der Waals surface area contributed by atoms with Crippen LogP contribution in [-0.4, -0.2) is 6.21 Å². The number of nitrogens with zero attached hydrogens (tertiary/aromatic N) is 1. The molecule has 0 spiro atoms. The molecule has 2 nitrogen and oxygen atoms in total. The van der Waals surface area contributed by atoms with Gasteiger partial charge in [-0.3, -0.25) is 4.99 Å². The van der Waals surface area contributed by atoms with E-state index in [2.05, 4.69) is 95.3 Å². The topological polar surface area (TPSA) is 38.4 Å². The van der Waals surface area contributed by atoms with Gasteiger partial charge in [-0.05, 0) is 62.1 Å². The summed E-state index contributed by atoms with van der Waals surface area (Å²) in [6, 6.07) is 23.1. The van der Waals surface area contributed by atoms with Crippen LogP contribution in [0.3, 0.4) is 0 Å². The molecule has 0 saturated heterocycles. The van der Waals surface area contributed by atoms with Crippen molar-refractivity contribution in [1.29, 1.82) is 0 Å². The highest BCUT2D eigenvalue weighted by Gasteiger charge is 2.07. The van der Waals surface area contributed by atoms with Crippen LogP contribution in [0.2, 0.25) is 0 Å². The van der Waals surface area contributed by atoms with E-state index in [0.29, 0.717) is 0 Å². The fraction of sp³-hybridized carbons (Fsp3) is 0.194. The Morgan fingerprint density at radius 2 is 1.58 bits per heavy atom. The van der Waals surface area contributed by atoms with E-state index in [9.17, 15) is 0 Å². The maximum absolute atomic E-state index is 6.30. The average Bonchev–Trinajstić information content (AvgIpc) is 2.79. The highest BCUT2D eigenvalue weighted by Crippen LogP contribution is 2.28. The quantitative estimate of drug-likeness (QED) is 0.296. The lowest BCUT2D eigenvalue weighted by atomic mass is 9.98. The molecule has 3 aromatic carbocycles. The van der Waals surface area contributed by atoms with E-state index in [1.165, 1.54) is 27.8 Å². The van der Waals surface area contributed by atoms with Gasteiger partial charge in [-0.15, -0.1) is 0 Å². The Labute approximate surface area is 198 Å². The Morgan fingerprint density at radius 3 is 2.27 bits per heavy atom. The van der Waals surface area contributed by atoms with Crippen LogP contribution in [-0.2, 0) is 0 Å². The summed E-state index contributed by atoms with van der Waals surface area (Å²) < 4.78 is 0. The summed E-state index contributed by atoms with van der Waals surface area (Å²) >= 11 is 0. The van der Waals surface area contributed by atoms with Gasteiger partial charge in [0.05, 0.1) is 5.69 Å². The van der Waals surface area contributed by atoms with Gasteiger partial charge in [-0.25, -0.2) is 0 Å². The predicted molar refractivity (Wildman–Crippen MR) is 145 cm³/mol. The Bertz CT molecular complexity index is 1200. The molecule has 3 rings (SSSR count). The number of benzene rings is 3. The van der Waals surface area contributed by atoms with Crippen molar-refractivity contribution in [2.24, 2.45) is 10.7 Å². The van der Waals surface area contributed by atoms with Crippen LogP contribution in [0.5, 0.6) is 0 Å². The number of nitrogens with two attached hydrogens (primary N) is 1. The van der Waals surface area contributed by atoms with Gasteiger partial charge < -0.3 is 5.73 Å². The molecule has 0 amide bonds. The lowest BCUT2D eigenvalue weighted by molar-refractivity contribution is 0.967. The number of allylic oxidation sites excluding steroid dienone is 5. The van der Waals surface area contributed by atoms with Crippen LogP contribution in [0.15, 0.2) is 96.0 Å². The van der Waals surface area contributed by atoms with Gasteiger partial charge in [0.15, 0.2) is 0 Å². The van der Waals surface area contributed by atoms with Crippen molar-refractivity contribution >= 4 is 23.2 Å². The van der Waals surface area contributed by atoms with E-state index < -0.39 is 0 Å². The van der Waals surface area contributed by atoms with E-state index in [0.717, 1.165) is 22.5 Å². The second-order valence-corrected chi connectivity index (χ2v) is 8.55. The minimum Gasteiger partial charge on any atom is -0.398 e. The predicted octanol–water partition coefficient (Wildman–Crippen LogP) is 8.08. The van der Waals surface area contributed by atoms with Crippen LogP contribution in [0.1, 0.15) is 53.1 Å². The van der Waals surface area contributed by atoms with Crippen molar-refractivity contribution in [2.45, 2.75) is 40.5 Å². The fourth-order valence-corrected chi connectivity index (χ4v) is 4.00. The van der Waals surface area contributed by atoms with Crippen LogP contribution in [0.4, 0.5) is 5.69 Å². The standard InChI is InChI=1S/C31H34N2/c1-6-26(27-19-22(2)18-23(3)20-27)21-33-31-17-10-9-15-29(31)25(5)13-11-16-30(32)28-14-8-7-12-24(28)4/h6-21,25H,32H2,1-5H3/b13-11-,26-6+,30-16-,33-21?/t25-/m0/s1. The zero-order valence-corrected chi connectivity index (χ0v) is 20.3. The molecule has 0 bridgehead atoms. The summed E-state index contributed by atoms with van der Waals surface area (Å²) in [4.78, 5) is 4.87. The average molecular weight is 435 g/mol. The first-order chi connectivity index (χ1) is 15.9. The van der Waals surface area contributed by atoms with Crippen molar-refractivity contribution in [3.63, 3.8) is 0 Å². The third-order valence-electron chi connectivity index (χ3n) is 5.77. The Hall–Kier alpha value is -3.65. The molecule has 3 aromatic rings. The Balaban J connectivity index is 1.81. The molecule has 0 aliphatic carbocycles. The third kappa shape index (κ3) is 6.43. The minimum atomic E-state index is 0.203. The monoisotopic (exact) mass is 434 g/mol. The lowest BCUT2D eigenvalue weighted by Gasteiger charge is -2.11. The summed E-state index contributed by atoms with van der Waals surface area (Å²) in [6.07, 6.45) is 10.3. The van der Waals surface area contributed by atoms with Crippen molar-refractivity contribution in [3.05, 3.63) is 124 Å². The summed E-state index contributed by atoms with van der Waals surface area (Å²) in [7, 11) is 0. The molecule has 0 unspecified atom stereocenters. The number of rotatable bonds is 7. The molecule has 0 aliphatic rings. The zero-order valence-electron chi connectivity index (χ0n) is 20.3. The molecule has 1 atom stereocenters. The number of aryl methyl sites for hydroxylation is 3. The SMILES string of the molecule is C/C=C(\C=Nc1ccccc1[C@@H](C)/C=C\C=C(/N)c1ccccc1C)c1cc(C)cc(C)c1. The smallest absolute Gasteiger partial charge is 0.0667 e. The summed E-state index contributed by atoms with van der Waals surface area (Å²) in [5, 5.41) is 0. The lowest BCUT2D eigenvalue weighted by Crippen LogP contribution is -1.98. The van der Waals surface area contributed by atoms with Crippen molar-refractivity contribution < 1.29 is 0 Å². The van der Waals surface area contributed by atoms with Crippen molar-refractivity contribution in [1.82, 2.24) is 0 Å². The first-order valence-electron chi connectivity index (χ1n) is 11.5. The molecule has 168 valence electrons. The maximum Gasteiger partial charge on any atom is 0.0667 e. The summed E-state index contributed by atoms with van der Waals surface area (Å²) in [5.74, 6) is 0.203. The molecule has 2 heteroatoms. The fourth-order valence-electron chi connectivity index (χ4n) is 4.00. The molecular weight excluding hydrogens is 400 g/mol. The molecule has 2 N–H and O–H groups in total. The van der Waals surface area contributed by atoms with Crippen LogP contribution >= 0.6 is 0 Å². The molecule has 0 heterocycles. The van der Waals surface area contributed by atoms with E-state index >= 15 is 0 Å². The van der Waals surface area contributed by atoms with E-state index in [1.807, 2.05) is 36.6 Å². The van der Waals surface area contributed by atoms with Gasteiger partial charge in [-0.1, -0.05) is 96.9 Å². The Kier molecular flexibility index (Phi) is 8.21. The van der Waals surface area contributed by atoms with Gasteiger partial charge in [-0.2, -0.15) is 0 Å². The van der Waals surface area contributed by atoms with Crippen molar-refractivity contribution in [2.75, 3.05) is 0 Å². The van der Waals surface area contributed by atoms with Crippen LogP contribution in [0, 0.1) is 20.8 Å². The highest BCUT2D eigenvalue weighted by molar-refractivity contribution is 6.10. The Morgan fingerprint density at radius 1 is 0.909 bits per heavy atom. The van der Waals surface area contributed by atoms with Gasteiger partial charge in [0, 0.05) is 23.4 Å². The largest absolute Gasteiger partial charge is 0.398 e. The van der Waals surface area contributed by atoms with Crippen molar-refractivity contribution in [3.8, 4) is 0 Å². The molecular formula is C31H34N2. The van der Waals surface area contributed by atoms with E-state index in [-0.39, 0.29) is 5.92 Å². The zero-order chi connectivity index (χ0) is 23.8. The number of hydrogen-bond donors (Lipinski definition) is 1. The third-order valence-corrected chi connectivity index (χ3v) is 5.77. The minimum absolute atomic E-state index is 0.203. The summed E-state index contributed by atoms with van der Waals surface area (Å²) in [6.45, 7) is 10.6. The number of aliphatic imine (C=N–C) groups is 1. The molecule has 33 heavy (non-hydrogen) atoms. The molecule has 0 aliphatic heterocycles.